The van der Waals surface area contributed by atoms with Gasteiger partial charge in [0.15, 0.2) is 0 Å². The van der Waals surface area contributed by atoms with Gasteiger partial charge in [0, 0.05) is 23.3 Å². The highest BCUT2D eigenvalue weighted by atomic mass is 19.3. The molecule has 0 fully saturated rings. The van der Waals surface area contributed by atoms with Crippen LogP contribution in [0.25, 0.3) is 10.8 Å². The van der Waals surface area contributed by atoms with Gasteiger partial charge in [-0.15, -0.1) is 0 Å². The molecule has 4 heteroatoms. The molecule has 0 spiro atoms. The molecule has 1 aromatic heterocycles. The summed E-state index contributed by atoms with van der Waals surface area (Å²) in [5.41, 5.74) is 0.538. The Bertz CT molecular complexity index is 480. The number of benzene rings is 1. The minimum Gasteiger partial charge on any atom is -0.308 e. The van der Waals surface area contributed by atoms with Gasteiger partial charge in [-0.1, -0.05) is 24.3 Å². The lowest BCUT2D eigenvalue weighted by atomic mass is 10.0. The van der Waals surface area contributed by atoms with E-state index in [-0.39, 0.29) is 0 Å². The van der Waals surface area contributed by atoms with E-state index in [2.05, 4.69) is 10.3 Å². The van der Waals surface area contributed by atoms with Gasteiger partial charge in [0.1, 0.15) is 0 Å². The minimum atomic E-state index is -2.45. The van der Waals surface area contributed by atoms with Crippen molar-refractivity contribution in [3.8, 4) is 0 Å². The molecule has 0 aliphatic heterocycles. The number of pyridine rings is 1. The number of nitrogens with one attached hydrogen (secondary N) is 1. The summed E-state index contributed by atoms with van der Waals surface area (Å²) in [4.78, 5) is 3.99. The van der Waals surface area contributed by atoms with E-state index in [4.69, 9.17) is 0 Å². The number of alkyl halides is 2. The molecule has 1 aromatic carbocycles. The molecule has 0 bridgehead atoms. The van der Waals surface area contributed by atoms with Crippen molar-refractivity contribution in [1.82, 2.24) is 10.3 Å². The van der Waals surface area contributed by atoms with Gasteiger partial charge >= 0.3 is 0 Å². The van der Waals surface area contributed by atoms with Crippen molar-refractivity contribution in [2.75, 3.05) is 7.05 Å². The molecule has 84 valence electrons. The SMILES string of the molecule is CNC(c1cncc2ccccc12)C(F)F. The van der Waals surface area contributed by atoms with Crippen molar-refractivity contribution < 1.29 is 8.78 Å². The molecule has 1 heterocycles. The fraction of sp³-hybridized carbons (Fsp3) is 0.250. The molecule has 1 unspecified atom stereocenters. The van der Waals surface area contributed by atoms with Gasteiger partial charge in [0.2, 0.25) is 0 Å². The van der Waals surface area contributed by atoms with Crippen LogP contribution in [0.1, 0.15) is 11.6 Å². The molecule has 0 amide bonds. The van der Waals surface area contributed by atoms with Gasteiger partial charge in [-0.25, -0.2) is 8.78 Å². The van der Waals surface area contributed by atoms with Crippen LogP contribution in [0.3, 0.4) is 0 Å². The second-order valence-electron chi connectivity index (χ2n) is 3.55. The first kappa shape index (κ1) is 11.0. The third kappa shape index (κ3) is 1.88. The topological polar surface area (TPSA) is 24.9 Å². The molecule has 0 saturated heterocycles. The number of nitrogens with zero attached hydrogens (tertiary/aromatic N) is 1. The first-order chi connectivity index (χ1) is 7.74. The van der Waals surface area contributed by atoms with Crippen molar-refractivity contribution in [1.29, 1.82) is 0 Å². The summed E-state index contributed by atoms with van der Waals surface area (Å²) in [5, 5.41) is 4.31. The predicted octanol–water partition coefficient (Wildman–Crippen LogP) is 2.76. The highest BCUT2D eigenvalue weighted by Crippen LogP contribution is 2.26. The molecule has 2 rings (SSSR count). The number of rotatable bonds is 3. The minimum absolute atomic E-state index is 0.538. The summed E-state index contributed by atoms with van der Waals surface area (Å²) in [7, 11) is 1.53. The second-order valence-corrected chi connectivity index (χ2v) is 3.55. The monoisotopic (exact) mass is 222 g/mol. The molecule has 2 aromatic rings. The van der Waals surface area contributed by atoms with E-state index in [1.807, 2.05) is 24.3 Å². The maximum absolute atomic E-state index is 12.8. The van der Waals surface area contributed by atoms with E-state index in [0.717, 1.165) is 10.8 Å². The van der Waals surface area contributed by atoms with E-state index in [1.165, 1.54) is 13.2 Å². The van der Waals surface area contributed by atoms with E-state index >= 15 is 0 Å². The maximum Gasteiger partial charge on any atom is 0.257 e. The third-order valence-corrected chi connectivity index (χ3v) is 2.60. The smallest absolute Gasteiger partial charge is 0.257 e. The number of hydrogen-bond acceptors (Lipinski definition) is 2. The van der Waals surface area contributed by atoms with Crippen LogP contribution in [0.15, 0.2) is 36.7 Å². The molecule has 16 heavy (non-hydrogen) atoms. The van der Waals surface area contributed by atoms with Crippen LogP contribution >= 0.6 is 0 Å². The summed E-state index contributed by atoms with van der Waals surface area (Å²) in [6, 6.07) is 6.43. The fourth-order valence-electron chi connectivity index (χ4n) is 1.80. The van der Waals surface area contributed by atoms with Crippen molar-refractivity contribution in [3.05, 3.63) is 42.2 Å². The van der Waals surface area contributed by atoms with Crippen LogP contribution in [-0.4, -0.2) is 18.5 Å². The van der Waals surface area contributed by atoms with E-state index in [0.29, 0.717) is 5.56 Å². The van der Waals surface area contributed by atoms with Crippen LogP contribution in [0, 0.1) is 0 Å². The lowest BCUT2D eigenvalue weighted by Crippen LogP contribution is -2.23. The third-order valence-electron chi connectivity index (χ3n) is 2.60. The molecule has 0 saturated carbocycles. The number of aromatic nitrogens is 1. The van der Waals surface area contributed by atoms with Crippen LogP contribution in [0.5, 0.6) is 0 Å². The number of fused-ring (bicyclic) bond motifs is 1. The van der Waals surface area contributed by atoms with Crippen LogP contribution < -0.4 is 5.32 Å². The Hall–Kier alpha value is -1.55. The van der Waals surface area contributed by atoms with Gasteiger partial charge in [0.25, 0.3) is 6.43 Å². The largest absolute Gasteiger partial charge is 0.308 e. The summed E-state index contributed by atoms with van der Waals surface area (Å²) in [6.07, 6.45) is 0.727. The van der Waals surface area contributed by atoms with E-state index in [9.17, 15) is 8.78 Å². The molecule has 0 aliphatic rings. The Morgan fingerprint density at radius 1 is 1.19 bits per heavy atom. The highest BCUT2D eigenvalue weighted by Gasteiger charge is 2.22. The lowest BCUT2D eigenvalue weighted by Gasteiger charge is -2.17. The lowest BCUT2D eigenvalue weighted by molar-refractivity contribution is 0.103. The predicted molar refractivity (Wildman–Crippen MR) is 59.5 cm³/mol. The van der Waals surface area contributed by atoms with Crippen LogP contribution in [0.2, 0.25) is 0 Å². The molecular formula is C12H12F2N2. The zero-order valence-corrected chi connectivity index (χ0v) is 8.82. The zero-order valence-electron chi connectivity index (χ0n) is 8.82. The average Bonchev–Trinajstić information content (AvgIpc) is 2.30. The standard InChI is InChI=1S/C12H12F2N2/c1-15-11(12(13)14)10-7-16-6-8-4-2-3-5-9(8)10/h2-7,11-12,15H,1H3. The Kier molecular flexibility index (Phi) is 3.10. The van der Waals surface area contributed by atoms with Crippen molar-refractivity contribution in [3.63, 3.8) is 0 Å². The van der Waals surface area contributed by atoms with Crippen molar-refractivity contribution in [2.24, 2.45) is 0 Å². The molecule has 1 N–H and O–H groups in total. The number of hydrogen-bond donors (Lipinski definition) is 1. The van der Waals surface area contributed by atoms with Gasteiger partial charge in [-0.2, -0.15) is 0 Å². The van der Waals surface area contributed by atoms with Crippen LogP contribution in [0.4, 0.5) is 8.78 Å². The van der Waals surface area contributed by atoms with Crippen LogP contribution in [-0.2, 0) is 0 Å². The highest BCUT2D eigenvalue weighted by molar-refractivity contribution is 5.85. The van der Waals surface area contributed by atoms with Gasteiger partial charge in [-0.3, -0.25) is 4.98 Å². The second kappa shape index (κ2) is 4.53. The van der Waals surface area contributed by atoms with E-state index < -0.39 is 12.5 Å². The molecule has 0 radical (unpaired) electrons. The molecule has 0 aliphatic carbocycles. The number of halogens is 2. The first-order valence-corrected chi connectivity index (χ1v) is 5.02. The summed E-state index contributed by atoms with van der Waals surface area (Å²) >= 11 is 0. The van der Waals surface area contributed by atoms with Gasteiger partial charge in [0.05, 0.1) is 6.04 Å². The molecule has 2 nitrogen and oxygen atoms in total. The summed E-state index contributed by atoms with van der Waals surface area (Å²) in [5.74, 6) is 0. The normalized spacial score (nSPS) is 13.2. The summed E-state index contributed by atoms with van der Waals surface area (Å²) < 4.78 is 25.6. The quantitative estimate of drug-likeness (QED) is 0.863. The van der Waals surface area contributed by atoms with E-state index in [1.54, 1.807) is 6.20 Å². The first-order valence-electron chi connectivity index (χ1n) is 5.02. The van der Waals surface area contributed by atoms with Crippen molar-refractivity contribution in [2.45, 2.75) is 12.5 Å². The Morgan fingerprint density at radius 3 is 2.62 bits per heavy atom. The fourth-order valence-corrected chi connectivity index (χ4v) is 1.80. The molecule has 1 atom stereocenters. The zero-order chi connectivity index (χ0) is 11.5. The summed E-state index contributed by atoms with van der Waals surface area (Å²) in [6.45, 7) is 0. The average molecular weight is 222 g/mol. The van der Waals surface area contributed by atoms with Gasteiger partial charge in [-0.05, 0) is 12.4 Å². The Morgan fingerprint density at radius 2 is 1.94 bits per heavy atom. The Balaban J connectivity index is 2.59. The Labute approximate surface area is 92.3 Å². The molecular weight excluding hydrogens is 210 g/mol. The maximum atomic E-state index is 12.8. The van der Waals surface area contributed by atoms with Crippen molar-refractivity contribution >= 4 is 10.8 Å². The van der Waals surface area contributed by atoms with Gasteiger partial charge < -0.3 is 5.32 Å².